The number of aryl methyl sites for hydroxylation is 2. The first-order valence-corrected chi connectivity index (χ1v) is 6.75. The SMILES string of the molecule is Cc1cccc2c(=O)n(CCC(=O)Nc3ncn[nH]3)cnc12. The average molecular weight is 298 g/mol. The summed E-state index contributed by atoms with van der Waals surface area (Å²) in [7, 11) is 0. The van der Waals surface area contributed by atoms with E-state index < -0.39 is 0 Å². The summed E-state index contributed by atoms with van der Waals surface area (Å²) < 4.78 is 1.43. The van der Waals surface area contributed by atoms with Gasteiger partial charge in [-0.05, 0) is 18.6 Å². The molecule has 0 unspecified atom stereocenters. The molecule has 0 aliphatic rings. The minimum absolute atomic E-state index is 0.139. The third kappa shape index (κ3) is 2.71. The lowest BCUT2D eigenvalue weighted by Crippen LogP contribution is -2.24. The Morgan fingerprint density at radius 1 is 1.36 bits per heavy atom. The van der Waals surface area contributed by atoms with Gasteiger partial charge in [-0.2, -0.15) is 10.1 Å². The predicted molar refractivity (Wildman–Crippen MR) is 80.4 cm³/mol. The number of anilines is 1. The van der Waals surface area contributed by atoms with E-state index in [2.05, 4.69) is 25.5 Å². The van der Waals surface area contributed by atoms with Crippen LogP contribution in [0, 0.1) is 6.92 Å². The molecule has 2 heterocycles. The van der Waals surface area contributed by atoms with Crippen molar-refractivity contribution in [2.24, 2.45) is 0 Å². The van der Waals surface area contributed by atoms with E-state index in [1.165, 1.54) is 17.2 Å². The van der Waals surface area contributed by atoms with Crippen LogP contribution in [0.2, 0.25) is 0 Å². The molecule has 0 fully saturated rings. The predicted octanol–water partition coefficient (Wildman–Crippen LogP) is 0.852. The molecule has 8 nitrogen and oxygen atoms in total. The van der Waals surface area contributed by atoms with Crippen molar-refractivity contribution in [2.45, 2.75) is 19.9 Å². The maximum absolute atomic E-state index is 12.4. The summed E-state index contributed by atoms with van der Waals surface area (Å²) in [5.41, 5.74) is 1.49. The first-order chi connectivity index (χ1) is 10.6. The summed E-state index contributed by atoms with van der Waals surface area (Å²) in [6.07, 6.45) is 2.91. The zero-order valence-corrected chi connectivity index (χ0v) is 11.9. The monoisotopic (exact) mass is 298 g/mol. The molecule has 0 bridgehead atoms. The Kier molecular flexibility index (Phi) is 3.65. The van der Waals surface area contributed by atoms with Gasteiger partial charge in [0.1, 0.15) is 6.33 Å². The number of carbonyl (C=O) groups excluding carboxylic acids is 1. The molecule has 1 aromatic carbocycles. The van der Waals surface area contributed by atoms with Crippen molar-refractivity contribution in [1.29, 1.82) is 0 Å². The minimum atomic E-state index is -0.256. The lowest BCUT2D eigenvalue weighted by molar-refractivity contribution is -0.116. The zero-order chi connectivity index (χ0) is 15.5. The quantitative estimate of drug-likeness (QED) is 0.743. The second-order valence-electron chi connectivity index (χ2n) is 4.85. The number of carbonyl (C=O) groups is 1. The summed E-state index contributed by atoms with van der Waals surface area (Å²) in [5, 5.41) is 9.28. The summed E-state index contributed by atoms with van der Waals surface area (Å²) in [6, 6.07) is 5.47. The van der Waals surface area contributed by atoms with Crippen molar-refractivity contribution in [2.75, 3.05) is 5.32 Å². The van der Waals surface area contributed by atoms with Crippen LogP contribution >= 0.6 is 0 Å². The van der Waals surface area contributed by atoms with Gasteiger partial charge in [-0.3, -0.25) is 19.5 Å². The van der Waals surface area contributed by atoms with E-state index in [0.29, 0.717) is 10.9 Å². The number of aromatic nitrogens is 5. The van der Waals surface area contributed by atoms with Crippen molar-refractivity contribution in [3.8, 4) is 0 Å². The lowest BCUT2D eigenvalue weighted by atomic mass is 10.1. The van der Waals surface area contributed by atoms with E-state index in [9.17, 15) is 9.59 Å². The van der Waals surface area contributed by atoms with E-state index in [1.807, 2.05) is 19.1 Å². The number of hydrogen-bond donors (Lipinski definition) is 2. The van der Waals surface area contributed by atoms with Crippen molar-refractivity contribution in [3.05, 3.63) is 46.8 Å². The minimum Gasteiger partial charge on any atom is -0.298 e. The number of nitrogens with zero attached hydrogens (tertiary/aromatic N) is 4. The van der Waals surface area contributed by atoms with Crippen LogP contribution in [0.5, 0.6) is 0 Å². The molecule has 2 N–H and O–H groups in total. The fourth-order valence-corrected chi connectivity index (χ4v) is 2.18. The third-order valence-electron chi connectivity index (χ3n) is 3.31. The Labute approximate surface area is 125 Å². The van der Waals surface area contributed by atoms with Crippen LogP contribution in [0.4, 0.5) is 5.95 Å². The van der Waals surface area contributed by atoms with Crippen molar-refractivity contribution in [3.63, 3.8) is 0 Å². The molecule has 2 aromatic heterocycles. The molecule has 0 aliphatic heterocycles. The number of benzene rings is 1. The van der Waals surface area contributed by atoms with Gasteiger partial charge in [-0.15, -0.1) is 0 Å². The fraction of sp³-hybridized carbons (Fsp3) is 0.214. The molecule has 22 heavy (non-hydrogen) atoms. The highest BCUT2D eigenvalue weighted by Gasteiger charge is 2.08. The first kappa shape index (κ1) is 13.9. The average Bonchev–Trinajstić information content (AvgIpc) is 3.00. The standard InChI is InChI=1S/C14H14N6O2/c1-9-3-2-4-10-12(9)16-8-20(13(10)22)6-5-11(21)18-14-15-7-17-19-14/h2-4,7-8H,5-6H2,1H3,(H2,15,17,18,19,21). The van der Waals surface area contributed by atoms with Crippen molar-refractivity contribution < 1.29 is 4.79 Å². The number of fused-ring (bicyclic) bond motifs is 1. The second-order valence-corrected chi connectivity index (χ2v) is 4.85. The highest BCUT2D eigenvalue weighted by atomic mass is 16.2. The molecular formula is C14H14N6O2. The summed E-state index contributed by atoms with van der Waals surface area (Å²) in [6.45, 7) is 2.15. The van der Waals surface area contributed by atoms with Gasteiger partial charge in [0.05, 0.1) is 17.2 Å². The molecule has 0 saturated heterocycles. The van der Waals surface area contributed by atoms with Crippen LogP contribution in [0.3, 0.4) is 0 Å². The first-order valence-electron chi connectivity index (χ1n) is 6.75. The van der Waals surface area contributed by atoms with Gasteiger partial charge in [-0.1, -0.05) is 12.1 Å². The molecule has 0 aliphatic carbocycles. The van der Waals surface area contributed by atoms with E-state index in [1.54, 1.807) is 6.07 Å². The zero-order valence-electron chi connectivity index (χ0n) is 11.9. The molecule has 1 amide bonds. The number of aromatic amines is 1. The van der Waals surface area contributed by atoms with Gasteiger partial charge in [-0.25, -0.2) is 10.1 Å². The van der Waals surface area contributed by atoms with E-state index in [-0.39, 0.29) is 30.4 Å². The van der Waals surface area contributed by atoms with Gasteiger partial charge in [0.25, 0.3) is 5.56 Å². The summed E-state index contributed by atoms with van der Waals surface area (Å²) in [4.78, 5) is 32.2. The highest BCUT2D eigenvalue weighted by molar-refractivity contribution is 5.88. The van der Waals surface area contributed by atoms with Crippen LogP contribution in [0.15, 0.2) is 35.6 Å². The Morgan fingerprint density at radius 3 is 3.00 bits per heavy atom. The van der Waals surface area contributed by atoms with E-state index >= 15 is 0 Å². The molecular weight excluding hydrogens is 284 g/mol. The number of rotatable bonds is 4. The Balaban J connectivity index is 1.76. The lowest BCUT2D eigenvalue weighted by Gasteiger charge is -2.07. The van der Waals surface area contributed by atoms with Gasteiger partial charge >= 0.3 is 0 Å². The molecule has 0 atom stereocenters. The van der Waals surface area contributed by atoms with Gasteiger partial charge in [0.2, 0.25) is 11.9 Å². The van der Waals surface area contributed by atoms with Gasteiger partial charge in [0.15, 0.2) is 0 Å². The number of amides is 1. The Morgan fingerprint density at radius 2 is 2.23 bits per heavy atom. The molecule has 3 rings (SSSR count). The second kappa shape index (κ2) is 5.76. The number of nitrogens with one attached hydrogen (secondary N) is 2. The molecule has 0 radical (unpaired) electrons. The van der Waals surface area contributed by atoms with E-state index in [0.717, 1.165) is 5.56 Å². The van der Waals surface area contributed by atoms with Crippen LogP contribution in [0.25, 0.3) is 10.9 Å². The molecule has 8 heteroatoms. The number of para-hydroxylation sites is 1. The maximum atomic E-state index is 12.4. The van der Waals surface area contributed by atoms with Crippen LogP contribution < -0.4 is 10.9 Å². The third-order valence-corrected chi connectivity index (χ3v) is 3.31. The summed E-state index contributed by atoms with van der Waals surface area (Å²) >= 11 is 0. The van der Waals surface area contributed by atoms with E-state index in [4.69, 9.17) is 0 Å². The Bertz CT molecular complexity index is 869. The Hall–Kier alpha value is -3.03. The number of H-pyrrole nitrogens is 1. The van der Waals surface area contributed by atoms with Crippen molar-refractivity contribution in [1.82, 2.24) is 24.7 Å². The highest BCUT2D eigenvalue weighted by Crippen LogP contribution is 2.11. The summed E-state index contributed by atoms with van der Waals surface area (Å²) in [5.74, 6) is 0.0256. The normalized spacial score (nSPS) is 10.8. The molecule has 112 valence electrons. The molecule has 0 saturated carbocycles. The van der Waals surface area contributed by atoms with Gasteiger partial charge in [0, 0.05) is 13.0 Å². The van der Waals surface area contributed by atoms with Crippen LogP contribution in [-0.4, -0.2) is 30.6 Å². The van der Waals surface area contributed by atoms with Crippen LogP contribution in [-0.2, 0) is 11.3 Å². The maximum Gasteiger partial charge on any atom is 0.261 e. The van der Waals surface area contributed by atoms with Crippen molar-refractivity contribution >= 4 is 22.8 Å². The number of hydrogen-bond acceptors (Lipinski definition) is 5. The fourth-order valence-electron chi connectivity index (χ4n) is 2.18. The smallest absolute Gasteiger partial charge is 0.261 e. The molecule has 0 spiro atoms. The largest absolute Gasteiger partial charge is 0.298 e. The van der Waals surface area contributed by atoms with Crippen LogP contribution in [0.1, 0.15) is 12.0 Å². The van der Waals surface area contributed by atoms with Gasteiger partial charge < -0.3 is 0 Å². The molecule has 3 aromatic rings. The topological polar surface area (TPSA) is 106 Å².